The van der Waals surface area contributed by atoms with Gasteiger partial charge in [0.05, 0.1) is 0 Å². The van der Waals surface area contributed by atoms with Gasteiger partial charge in [0.15, 0.2) is 5.92 Å². The number of fused-ring (bicyclic) bond motifs is 1. The predicted molar refractivity (Wildman–Crippen MR) is 103 cm³/mol. The van der Waals surface area contributed by atoms with Gasteiger partial charge in [-0.05, 0) is 36.2 Å². The fraction of sp³-hybridized carbons (Fsp3) is 0.500. The zero-order valence-corrected chi connectivity index (χ0v) is 16.3. The third-order valence-electron chi connectivity index (χ3n) is 4.76. The van der Waals surface area contributed by atoms with Gasteiger partial charge in [-0.3, -0.25) is 14.4 Å². The molecule has 0 saturated carbocycles. The minimum absolute atomic E-state index is 0. The van der Waals surface area contributed by atoms with Crippen molar-refractivity contribution in [3.05, 3.63) is 22.4 Å². The Hall–Kier alpha value is -1.11. The van der Waals surface area contributed by atoms with Gasteiger partial charge in [0, 0.05) is 11.9 Å². The zero-order chi connectivity index (χ0) is 20.1. The Morgan fingerprint density at radius 1 is 1.32 bits per heavy atom. The topological polar surface area (TPSA) is 133 Å². The number of methoxy groups -OCH3 is 1. The third kappa shape index (κ3) is 3.37. The van der Waals surface area contributed by atoms with E-state index in [1.165, 1.54) is 36.3 Å². The van der Waals surface area contributed by atoms with E-state index in [-0.39, 0.29) is 29.6 Å². The number of rotatable bonds is 6. The predicted octanol–water partition coefficient (Wildman–Crippen LogP) is -0.126. The fourth-order valence-corrected chi connectivity index (χ4v) is 5.84. The Bertz CT molecular complexity index is 816. The summed E-state index contributed by atoms with van der Waals surface area (Å²) in [6, 6.07) is 0.443. The number of nitrogens with zero attached hydrogens (tertiary/aromatic N) is 1. The number of nitrogens with one attached hydrogen (secondary N) is 1. The van der Waals surface area contributed by atoms with E-state index in [0.717, 1.165) is 4.90 Å². The van der Waals surface area contributed by atoms with Gasteiger partial charge in [0.25, 0.3) is 11.6 Å². The first kappa shape index (κ1) is 23.2. The van der Waals surface area contributed by atoms with Crippen molar-refractivity contribution in [1.29, 1.82) is 0 Å². The number of carbonyl (C=O) groups excluding carboxylic acids is 2. The van der Waals surface area contributed by atoms with Gasteiger partial charge in [-0.2, -0.15) is 11.3 Å². The summed E-state index contributed by atoms with van der Waals surface area (Å²) in [5.41, 5.74) is -1.50. The molecule has 2 amide bonds. The summed E-state index contributed by atoms with van der Waals surface area (Å²) >= 11 is 2.43. The van der Waals surface area contributed by atoms with Crippen LogP contribution in [0, 0.1) is 0 Å². The summed E-state index contributed by atoms with van der Waals surface area (Å²) in [7, 11) is 1.22. The number of hydrogen-bond donors (Lipinski definition) is 3. The molecule has 2 fully saturated rings. The van der Waals surface area contributed by atoms with Gasteiger partial charge < -0.3 is 25.2 Å². The van der Waals surface area contributed by atoms with Gasteiger partial charge in [0.2, 0.25) is 5.91 Å². The minimum atomic E-state index is -1.80. The molecule has 28 heavy (non-hydrogen) atoms. The first-order valence-electron chi connectivity index (χ1n) is 7.92. The van der Waals surface area contributed by atoms with E-state index in [9.17, 15) is 29.4 Å². The molecule has 0 aromatic carbocycles. The van der Waals surface area contributed by atoms with Crippen molar-refractivity contribution in [3.63, 3.8) is 0 Å². The molecule has 3 rings (SSSR count). The van der Waals surface area contributed by atoms with Crippen molar-refractivity contribution < 1.29 is 34.1 Å². The van der Waals surface area contributed by atoms with Crippen molar-refractivity contribution in [2.24, 2.45) is 0 Å². The molecule has 12 heteroatoms. The van der Waals surface area contributed by atoms with Crippen LogP contribution >= 0.6 is 23.1 Å². The van der Waals surface area contributed by atoms with Crippen LogP contribution in [0.25, 0.3) is 0 Å². The number of thioether (sulfide) groups is 1. The van der Waals surface area contributed by atoms with Crippen molar-refractivity contribution in [2.45, 2.75) is 41.7 Å². The molecule has 3 N–H and O–H groups in total. The standard InChI is InChI=1S/C16H18N2O7S2.Na.H/c1-15(2)9(12(22)23)18-13(24)16(25-3,14(18)27-15)17-10(19)8(11(20)21)7-4-5-26-6-7;;/h4-6,8-9,14H,1-3H3,(H,17,19)(H,20,21)(H,22,23);;/t8?,9-,14+,16-;;/m0../s1. The first-order valence-corrected chi connectivity index (χ1v) is 9.74. The molecule has 0 radical (unpaired) electrons. The molecular weight excluding hydrogens is 419 g/mol. The molecule has 4 atom stereocenters. The molecule has 9 nitrogen and oxygen atoms in total. The van der Waals surface area contributed by atoms with E-state index in [1.807, 2.05) is 0 Å². The van der Waals surface area contributed by atoms with Gasteiger partial charge in [-0.15, -0.1) is 11.8 Å². The molecule has 1 aromatic rings. The van der Waals surface area contributed by atoms with E-state index in [1.54, 1.807) is 24.6 Å². The third-order valence-corrected chi connectivity index (χ3v) is 7.07. The summed E-state index contributed by atoms with van der Waals surface area (Å²) in [5.74, 6) is -5.61. The van der Waals surface area contributed by atoms with Crippen LogP contribution in [0.1, 0.15) is 25.3 Å². The first-order chi connectivity index (χ1) is 12.6. The quantitative estimate of drug-likeness (QED) is 0.242. The second-order valence-corrected chi connectivity index (χ2v) is 9.30. The van der Waals surface area contributed by atoms with Crippen LogP contribution in [0.4, 0.5) is 0 Å². The molecule has 2 saturated heterocycles. The van der Waals surface area contributed by atoms with E-state index in [0.29, 0.717) is 5.56 Å². The number of hydrogen-bond acceptors (Lipinski definition) is 7. The van der Waals surface area contributed by atoms with Gasteiger partial charge in [-0.1, -0.05) is 0 Å². The number of aliphatic carboxylic acids is 2. The molecule has 0 aliphatic carbocycles. The Labute approximate surface area is 191 Å². The van der Waals surface area contributed by atoms with Gasteiger partial charge in [0.1, 0.15) is 11.4 Å². The van der Waals surface area contributed by atoms with Crippen LogP contribution in [0.2, 0.25) is 0 Å². The molecule has 0 spiro atoms. The second kappa shape index (κ2) is 7.96. The maximum absolute atomic E-state index is 12.8. The van der Waals surface area contributed by atoms with Crippen LogP contribution in [0.5, 0.6) is 0 Å². The van der Waals surface area contributed by atoms with Crippen molar-refractivity contribution in [2.75, 3.05) is 7.11 Å². The molecular formula is C16H19N2NaO7S2. The molecule has 3 heterocycles. The summed E-state index contributed by atoms with van der Waals surface area (Å²) in [4.78, 5) is 49.9. The molecule has 1 aromatic heterocycles. The Balaban J connectivity index is 0.00000280. The Morgan fingerprint density at radius 3 is 2.43 bits per heavy atom. The molecule has 2 aliphatic rings. The summed E-state index contributed by atoms with van der Waals surface area (Å²) in [6.07, 6.45) is 0. The van der Waals surface area contributed by atoms with Crippen LogP contribution < -0.4 is 5.32 Å². The fourth-order valence-electron chi connectivity index (χ4n) is 3.48. The Kier molecular flexibility index (Phi) is 6.59. The normalized spacial score (nSPS) is 28.5. The molecule has 2 aliphatic heterocycles. The van der Waals surface area contributed by atoms with Crippen molar-refractivity contribution >= 4 is 76.4 Å². The summed E-state index contributed by atoms with van der Waals surface area (Å²) < 4.78 is 4.50. The number of β-lactam (4-membered cyclic amide) rings is 1. The van der Waals surface area contributed by atoms with Crippen LogP contribution in [-0.4, -0.2) is 97.4 Å². The van der Waals surface area contributed by atoms with Gasteiger partial charge >= 0.3 is 41.5 Å². The SMILES string of the molecule is CO[C@@]1(NC(=O)C(C(=O)O)c2ccsc2)C(=O)N2[C@@H](C(=O)O)C(C)(C)S[C@@H]21.[NaH]. The van der Waals surface area contributed by atoms with Crippen molar-refractivity contribution in [3.8, 4) is 0 Å². The van der Waals surface area contributed by atoms with E-state index in [2.05, 4.69) is 5.32 Å². The molecule has 1 unspecified atom stereocenters. The van der Waals surface area contributed by atoms with Crippen molar-refractivity contribution in [1.82, 2.24) is 10.2 Å². The van der Waals surface area contributed by atoms with E-state index >= 15 is 0 Å². The monoisotopic (exact) mass is 438 g/mol. The average Bonchev–Trinajstić information content (AvgIpc) is 3.16. The summed E-state index contributed by atoms with van der Waals surface area (Å²) in [6.45, 7) is 3.38. The van der Waals surface area contributed by atoms with E-state index < -0.39 is 51.6 Å². The number of amides is 2. The zero-order valence-electron chi connectivity index (χ0n) is 14.7. The molecule has 148 valence electrons. The maximum atomic E-state index is 12.8. The number of carboxylic acid groups (broad SMARTS) is 2. The summed E-state index contributed by atoms with van der Waals surface area (Å²) in [5, 5.41) is 23.8. The number of carbonyl (C=O) groups is 4. The number of carboxylic acids is 2. The Morgan fingerprint density at radius 2 is 1.96 bits per heavy atom. The van der Waals surface area contributed by atoms with Crippen LogP contribution in [0.15, 0.2) is 16.8 Å². The number of thiophene rings is 1. The molecule has 0 bridgehead atoms. The second-order valence-electron chi connectivity index (χ2n) is 6.78. The van der Waals surface area contributed by atoms with Gasteiger partial charge in [-0.25, -0.2) is 4.79 Å². The number of ether oxygens (including phenoxy) is 1. The van der Waals surface area contributed by atoms with E-state index in [4.69, 9.17) is 4.74 Å². The average molecular weight is 438 g/mol. The van der Waals surface area contributed by atoms with Crippen LogP contribution in [-0.2, 0) is 23.9 Å². The van der Waals surface area contributed by atoms with Crippen LogP contribution in [0.3, 0.4) is 0 Å².